The molecule has 1 heterocycles. The lowest BCUT2D eigenvalue weighted by atomic mass is 10.0. The van der Waals surface area contributed by atoms with Crippen LogP contribution in [0.15, 0.2) is 77.3 Å². The van der Waals surface area contributed by atoms with Crippen molar-refractivity contribution >= 4 is 19.8 Å². The van der Waals surface area contributed by atoms with Crippen LogP contribution in [0.1, 0.15) is 171 Å². The molecule has 1 N–H and O–H groups in total. The van der Waals surface area contributed by atoms with Gasteiger partial charge in [0.1, 0.15) is 31.3 Å². The van der Waals surface area contributed by atoms with E-state index in [0.717, 1.165) is 51.4 Å². The number of likely N-dealkylation sites (N-methyl/N-ethyl adjacent to an activating group) is 1. The molecular weight excluding hydrogens is 854 g/mol. The molecule has 0 saturated carbocycles. The average molecular weight is 944 g/mol. The third kappa shape index (κ3) is 34.9. The van der Waals surface area contributed by atoms with Crippen LogP contribution in [0.25, 0.3) is 0 Å². The number of furan rings is 1. The molecule has 66 heavy (non-hydrogen) atoms. The van der Waals surface area contributed by atoms with E-state index in [1.54, 1.807) is 6.08 Å². The number of carbonyl (C=O) groups excluding carboxylic acids is 2. The van der Waals surface area contributed by atoms with Crippen molar-refractivity contribution in [2.45, 2.75) is 188 Å². The Morgan fingerprint density at radius 1 is 0.682 bits per heavy atom. The summed E-state index contributed by atoms with van der Waals surface area (Å²) in [6.45, 7) is 8.27. The van der Waals surface area contributed by atoms with Crippen molar-refractivity contribution in [1.82, 2.24) is 0 Å². The normalized spacial score (nSPS) is 14.5. The number of unbranched alkanes of at least 4 members (excludes halogenated alkanes) is 11. The van der Waals surface area contributed by atoms with Gasteiger partial charge in [-0.1, -0.05) is 151 Å². The third-order valence-corrected chi connectivity index (χ3v) is 12.0. The van der Waals surface area contributed by atoms with Gasteiger partial charge in [0.25, 0.3) is 7.82 Å². The highest BCUT2D eigenvalue weighted by atomic mass is 31.2. The average Bonchev–Trinajstić information content (AvgIpc) is 3.53. The van der Waals surface area contributed by atoms with E-state index in [9.17, 15) is 24.2 Å². The summed E-state index contributed by atoms with van der Waals surface area (Å²) in [5.41, 5.74) is 2.68. The number of rotatable bonds is 41. The summed E-state index contributed by atoms with van der Waals surface area (Å²) in [5.74, 6) is 1.38. The fraction of sp³-hybridized carbons (Fsp3) is 0.667. The van der Waals surface area contributed by atoms with E-state index in [1.807, 2.05) is 69.8 Å². The topological polar surface area (TPSA) is 145 Å². The molecule has 376 valence electrons. The molecular formula is C54H90NO10P. The Hall–Kier alpha value is -3.31. The van der Waals surface area contributed by atoms with Gasteiger partial charge in [-0.2, -0.15) is 0 Å². The predicted octanol–water partition coefficient (Wildman–Crippen LogP) is 12.6. The van der Waals surface area contributed by atoms with E-state index in [2.05, 4.69) is 45.9 Å². The first kappa shape index (κ1) is 60.7. The minimum atomic E-state index is -4.68. The van der Waals surface area contributed by atoms with Gasteiger partial charge in [0, 0.05) is 25.7 Å². The highest BCUT2D eigenvalue weighted by molar-refractivity contribution is 7.45. The van der Waals surface area contributed by atoms with Gasteiger partial charge in [-0.25, -0.2) is 0 Å². The van der Waals surface area contributed by atoms with Crippen molar-refractivity contribution in [2.75, 3.05) is 47.5 Å². The number of esters is 2. The fourth-order valence-electron chi connectivity index (χ4n) is 6.83. The minimum absolute atomic E-state index is 0.0624. The van der Waals surface area contributed by atoms with Gasteiger partial charge in [0.05, 0.1) is 33.9 Å². The van der Waals surface area contributed by atoms with Crippen LogP contribution in [0.5, 0.6) is 0 Å². The van der Waals surface area contributed by atoms with E-state index >= 15 is 0 Å². The number of phosphoric ester groups is 1. The Labute approximate surface area is 400 Å². The van der Waals surface area contributed by atoms with Crippen molar-refractivity contribution in [3.8, 4) is 0 Å². The quantitative estimate of drug-likeness (QED) is 0.0168. The van der Waals surface area contributed by atoms with Crippen LogP contribution in [0.4, 0.5) is 0 Å². The second-order valence-corrected chi connectivity index (χ2v) is 19.6. The zero-order valence-electron chi connectivity index (χ0n) is 42.2. The summed E-state index contributed by atoms with van der Waals surface area (Å²) in [4.78, 5) is 37.8. The molecule has 0 aliphatic rings. The van der Waals surface area contributed by atoms with Gasteiger partial charge in [0.15, 0.2) is 6.10 Å². The monoisotopic (exact) mass is 944 g/mol. The Balaban J connectivity index is 2.37. The molecule has 1 rings (SSSR count). The highest BCUT2D eigenvalue weighted by Gasteiger charge is 2.22. The number of allylic oxidation sites excluding steroid dienone is 10. The molecule has 0 spiro atoms. The number of ether oxygens (including phenoxy) is 2. The second-order valence-electron chi connectivity index (χ2n) is 18.2. The van der Waals surface area contributed by atoms with Crippen LogP contribution in [0.3, 0.4) is 0 Å². The first-order valence-corrected chi connectivity index (χ1v) is 26.6. The number of aliphatic hydroxyl groups is 1. The van der Waals surface area contributed by atoms with Crippen molar-refractivity contribution < 1.29 is 51.6 Å². The second kappa shape index (κ2) is 38.6. The lowest BCUT2D eigenvalue weighted by Crippen LogP contribution is -2.37. The van der Waals surface area contributed by atoms with Crippen LogP contribution < -0.4 is 4.89 Å². The number of nitrogens with zero attached hydrogens (tertiary/aromatic N) is 1. The summed E-state index contributed by atoms with van der Waals surface area (Å²) in [5, 5.41) is 10.0. The molecule has 1 aromatic heterocycles. The summed E-state index contributed by atoms with van der Waals surface area (Å²) in [6.07, 6.45) is 43.6. The fourth-order valence-corrected chi connectivity index (χ4v) is 7.55. The molecule has 0 amide bonds. The molecule has 0 fully saturated rings. The van der Waals surface area contributed by atoms with Crippen molar-refractivity contribution in [1.29, 1.82) is 0 Å². The van der Waals surface area contributed by atoms with Gasteiger partial charge in [-0.3, -0.25) is 14.2 Å². The number of phosphoric acid groups is 1. The maximum atomic E-state index is 12.7. The Morgan fingerprint density at radius 2 is 1.24 bits per heavy atom. The van der Waals surface area contributed by atoms with Crippen molar-refractivity contribution in [3.63, 3.8) is 0 Å². The number of carbonyl (C=O) groups is 2. The van der Waals surface area contributed by atoms with Gasteiger partial charge >= 0.3 is 11.9 Å². The maximum absolute atomic E-state index is 12.7. The SMILES string of the molecule is CC/C=C\C/C=C\CC(O)/C=C/C=C\C/C=C\C/C=C\CCC(=O)O[C@H](COC(=O)CCCCCCCCCCCCc1oc(CCCCC)c(C)c1C)COP(=O)([O-])OCC[N+](C)(C)C. The van der Waals surface area contributed by atoms with E-state index in [1.165, 1.54) is 80.4 Å². The molecule has 0 aliphatic heterocycles. The molecule has 0 aromatic carbocycles. The maximum Gasteiger partial charge on any atom is 0.306 e. The summed E-state index contributed by atoms with van der Waals surface area (Å²) in [7, 11) is 1.06. The van der Waals surface area contributed by atoms with Gasteiger partial charge < -0.3 is 37.4 Å². The first-order chi connectivity index (χ1) is 31.7. The molecule has 0 radical (unpaired) electrons. The van der Waals surface area contributed by atoms with Crippen LogP contribution in [-0.4, -0.2) is 81.2 Å². The van der Waals surface area contributed by atoms with Crippen LogP contribution >= 0.6 is 7.82 Å². The van der Waals surface area contributed by atoms with Gasteiger partial charge in [-0.05, 0) is 82.8 Å². The summed E-state index contributed by atoms with van der Waals surface area (Å²) >= 11 is 0. The van der Waals surface area contributed by atoms with Crippen LogP contribution in [-0.2, 0) is 45.5 Å². The number of aryl methyl sites for hydroxylation is 2. The Morgan fingerprint density at radius 3 is 1.86 bits per heavy atom. The zero-order chi connectivity index (χ0) is 48.7. The number of hydrogen-bond acceptors (Lipinski definition) is 10. The smallest absolute Gasteiger partial charge is 0.306 e. The molecule has 2 unspecified atom stereocenters. The lowest BCUT2D eigenvalue weighted by molar-refractivity contribution is -0.870. The Bertz CT molecular complexity index is 1650. The van der Waals surface area contributed by atoms with E-state index in [-0.39, 0.29) is 26.1 Å². The standard InChI is InChI=1S/C54H90NO10P/c1-8-10-12-13-26-32-37-49(56)38-33-27-22-18-14-16-21-25-30-36-42-54(58)64-50(46-63-66(59,60)62-44-43-55(5,6)7)45-61-53(57)41-35-29-24-20-17-15-19-23-28-34-40-52-48(4)47(3)51(65-52)39-31-11-9-2/h10,12,14,16,22,25-27,30,32-33,38,49-50,56H,8-9,11,13,15,17-21,23-24,28-29,31,34-37,39-46H2,1-7H3/b12-10-,16-14-,27-22-,30-25-,32-26-,38-33+/t49?,50-/m1/s1. The molecule has 0 aliphatic carbocycles. The van der Waals surface area contributed by atoms with Crippen molar-refractivity contribution in [3.05, 3.63) is 95.6 Å². The third-order valence-electron chi connectivity index (χ3n) is 11.0. The van der Waals surface area contributed by atoms with E-state index in [4.69, 9.17) is 22.9 Å². The molecule has 12 heteroatoms. The van der Waals surface area contributed by atoms with E-state index in [0.29, 0.717) is 36.7 Å². The lowest BCUT2D eigenvalue weighted by Gasteiger charge is -2.28. The Kier molecular flexibility index (Phi) is 35.5. The van der Waals surface area contributed by atoms with E-state index < -0.39 is 38.6 Å². The molecule has 0 saturated heterocycles. The molecule has 3 atom stereocenters. The predicted molar refractivity (Wildman–Crippen MR) is 268 cm³/mol. The summed E-state index contributed by atoms with van der Waals surface area (Å²) in [6, 6.07) is 0. The van der Waals surface area contributed by atoms with Gasteiger partial charge in [-0.15, -0.1) is 0 Å². The van der Waals surface area contributed by atoms with Gasteiger partial charge in [0.2, 0.25) is 0 Å². The highest BCUT2D eigenvalue weighted by Crippen LogP contribution is 2.38. The molecule has 1 aromatic rings. The number of aliphatic hydroxyl groups excluding tert-OH is 1. The number of hydrogen-bond donors (Lipinski definition) is 1. The zero-order valence-corrected chi connectivity index (χ0v) is 43.1. The first-order valence-electron chi connectivity index (χ1n) is 25.1. The van der Waals surface area contributed by atoms with Crippen LogP contribution in [0, 0.1) is 13.8 Å². The molecule has 11 nitrogen and oxygen atoms in total. The largest absolute Gasteiger partial charge is 0.756 e. The minimum Gasteiger partial charge on any atom is -0.756 e. The molecule has 0 bridgehead atoms. The van der Waals surface area contributed by atoms with Crippen molar-refractivity contribution in [2.24, 2.45) is 0 Å². The summed E-state index contributed by atoms with van der Waals surface area (Å²) < 4.78 is 40.2. The van der Waals surface area contributed by atoms with Crippen LogP contribution in [0.2, 0.25) is 0 Å². The number of quaternary nitrogens is 1.